The Bertz CT molecular complexity index is 1120. The minimum atomic E-state index is -0.850. The standard InChI is InChI=1S/C61H111NO3/c1-3-5-7-9-11-13-15-17-19-21-23-25-27-28-29-30-31-32-33-35-36-38-40-42-44-46-48-50-52-54-56-60(64)59(58-63)62-61(65)57-55-53-51-49-47-45-43-41-39-37-34-26-24-22-20-18-16-14-12-10-8-6-4-2/h6,8,12,14,18,20,24,26,37,39,54,56,59-60,63-64H,3-5,7,9-11,13,15-17,19,21-23,25,27-36,38,40-53,55,57-58H2,1-2H3,(H,62,65)/b8-6-,14-12-,20-18-,26-24-,39-37-,56-54+. The Morgan fingerprint density at radius 3 is 1.02 bits per heavy atom. The fourth-order valence-corrected chi connectivity index (χ4v) is 8.62. The van der Waals surface area contributed by atoms with E-state index >= 15 is 0 Å². The quantitative estimate of drug-likeness (QED) is 0.0421. The van der Waals surface area contributed by atoms with Crippen molar-refractivity contribution in [1.29, 1.82) is 0 Å². The molecule has 65 heavy (non-hydrogen) atoms. The van der Waals surface area contributed by atoms with Crippen molar-refractivity contribution in [2.24, 2.45) is 0 Å². The van der Waals surface area contributed by atoms with Gasteiger partial charge in [0.1, 0.15) is 0 Å². The monoisotopic (exact) mass is 906 g/mol. The summed E-state index contributed by atoms with van der Waals surface area (Å²) in [5.74, 6) is -0.0747. The molecule has 0 aromatic heterocycles. The maximum atomic E-state index is 12.5. The van der Waals surface area contributed by atoms with Crippen LogP contribution in [0.15, 0.2) is 72.9 Å². The molecule has 4 nitrogen and oxygen atoms in total. The molecule has 0 radical (unpaired) electrons. The number of aliphatic hydroxyl groups is 2. The lowest BCUT2D eigenvalue weighted by Gasteiger charge is -2.20. The van der Waals surface area contributed by atoms with Gasteiger partial charge in [0.25, 0.3) is 0 Å². The van der Waals surface area contributed by atoms with E-state index in [4.69, 9.17) is 0 Å². The average Bonchev–Trinajstić information content (AvgIpc) is 3.31. The van der Waals surface area contributed by atoms with Gasteiger partial charge in [-0.15, -0.1) is 0 Å². The molecule has 0 spiro atoms. The number of amides is 1. The lowest BCUT2D eigenvalue weighted by molar-refractivity contribution is -0.123. The predicted octanol–water partition coefficient (Wildman–Crippen LogP) is 19.0. The Morgan fingerprint density at radius 1 is 0.385 bits per heavy atom. The molecule has 4 heteroatoms. The van der Waals surface area contributed by atoms with E-state index in [0.717, 1.165) is 70.6 Å². The van der Waals surface area contributed by atoms with Crippen LogP contribution in [0, 0.1) is 0 Å². The summed E-state index contributed by atoms with van der Waals surface area (Å²) in [6, 6.07) is -0.634. The molecule has 0 aliphatic heterocycles. The van der Waals surface area contributed by atoms with Gasteiger partial charge < -0.3 is 15.5 Å². The highest BCUT2D eigenvalue weighted by Gasteiger charge is 2.18. The zero-order valence-electron chi connectivity index (χ0n) is 43.5. The smallest absolute Gasteiger partial charge is 0.220 e. The second kappa shape index (κ2) is 56.2. The first-order valence-corrected chi connectivity index (χ1v) is 28.7. The number of rotatable bonds is 52. The summed E-state index contributed by atoms with van der Waals surface area (Å²) < 4.78 is 0. The van der Waals surface area contributed by atoms with Gasteiger partial charge in [-0.2, -0.15) is 0 Å². The van der Waals surface area contributed by atoms with Crippen LogP contribution in [-0.2, 0) is 4.79 Å². The third kappa shape index (κ3) is 52.7. The summed E-state index contributed by atoms with van der Waals surface area (Å²) in [5, 5.41) is 23.2. The molecule has 0 saturated carbocycles. The fraction of sp³-hybridized carbons (Fsp3) is 0.787. The number of hydrogen-bond donors (Lipinski definition) is 3. The van der Waals surface area contributed by atoms with Crippen molar-refractivity contribution in [3.05, 3.63) is 72.9 Å². The van der Waals surface area contributed by atoms with Crippen molar-refractivity contribution in [1.82, 2.24) is 5.32 Å². The van der Waals surface area contributed by atoms with Crippen molar-refractivity contribution in [3.8, 4) is 0 Å². The van der Waals surface area contributed by atoms with E-state index in [2.05, 4.69) is 79.9 Å². The van der Waals surface area contributed by atoms with Gasteiger partial charge >= 0.3 is 0 Å². The summed E-state index contributed by atoms with van der Waals surface area (Å²) in [4.78, 5) is 12.5. The zero-order valence-corrected chi connectivity index (χ0v) is 43.5. The first kappa shape index (κ1) is 62.8. The third-order valence-electron chi connectivity index (χ3n) is 12.9. The van der Waals surface area contributed by atoms with Crippen LogP contribution in [0.25, 0.3) is 0 Å². The lowest BCUT2D eigenvalue weighted by atomic mass is 10.0. The van der Waals surface area contributed by atoms with Gasteiger partial charge in [-0.1, -0.05) is 292 Å². The first-order chi connectivity index (χ1) is 32.2. The summed E-state index contributed by atoms with van der Waals surface area (Å²) in [6.45, 7) is 4.21. The molecule has 1 amide bonds. The van der Waals surface area contributed by atoms with Crippen LogP contribution in [-0.4, -0.2) is 34.9 Å². The highest BCUT2D eigenvalue weighted by Crippen LogP contribution is 2.17. The highest BCUT2D eigenvalue weighted by molar-refractivity contribution is 5.76. The number of carbonyl (C=O) groups is 1. The Morgan fingerprint density at radius 2 is 0.677 bits per heavy atom. The number of allylic oxidation sites excluding steroid dienone is 11. The van der Waals surface area contributed by atoms with Crippen molar-refractivity contribution in [2.45, 2.75) is 302 Å². The van der Waals surface area contributed by atoms with Crippen LogP contribution in [0.4, 0.5) is 0 Å². The van der Waals surface area contributed by atoms with Crippen LogP contribution < -0.4 is 5.32 Å². The average molecular weight is 907 g/mol. The molecule has 0 aliphatic rings. The Balaban J connectivity index is 3.52. The maximum Gasteiger partial charge on any atom is 0.220 e. The number of unbranched alkanes of at least 4 members (excludes halogenated alkanes) is 35. The van der Waals surface area contributed by atoms with Crippen LogP contribution in [0.2, 0.25) is 0 Å². The Hall–Kier alpha value is -2.17. The van der Waals surface area contributed by atoms with Crippen molar-refractivity contribution >= 4 is 5.91 Å². The molecule has 0 aromatic carbocycles. The zero-order chi connectivity index (χ0) is 47.0. The summed E-state index contributed by atoms with van der Waals surface area (Å²) >= 11 is 0. The molecule has 3 N–H and O–H groups in total. The van der Waals surface area contributed by atoms with Crippen LogP contribution in [0.3, 0.4) is 0 Å². The number of hydrogen-bond acceptors (Lipinski definition) is 3. The van der Waals surface area contributed by atoms with Gasteiger partial charge in [-0.3, -0.25) is 4.79 Å². The van der Waals surface area contributed by atoms with Gasteiger partial charge in [-0.25, -0.2) is 0 Å². The molecule has 0 bridgehead atoms. The molecule has 0 saturated heterocycles. The van der Waals surface area contributed by atoms with Gasteiger partial charge in [0.05, 0.1) is 18.8 Å². The van der Waals surface area contributed by atoms with Crippen molar-refractivity contribution < 1.29 is 15.0 Å². The van der Waals surface area contributed by atoms with Gasteiger partial charge in [0, 0.05) is 6.42 Å². The Kier molecular flexibility index (Phi) is 54.3. The van der Waals surface area contributed by atoms with Gasteiger partial charge in [0.15, 0.2) is 0 Å². The SMILES string of the molecule is CC/C=C\C/C=C\C/C=C\C/C=C\C/C=C\CCCCCCCCCC(=O)NC(CO)C(O)/C=C/CCCCCCCCCCCCCCCCCCCCCCCCCCCCCC. The van der Waals surface area contributed by atoms with E-state index in [-0.39, 0.29) is 12.5 Å². The van der Waals surface area contributed by atoms with E-state index in [1.807, 2.05) is 6.08 Å². The van der Waals surface area contributed by atoms with E-state index in [0.29, 0.717) is 6.42 Å². The van der Waals surface area contributed by atoms with E-state index in [9.17, 15) is 15.0 Å². The first-order valence-electron chi connectivity index (χ1n) is 28.7. The maximum absolute atomic E-state index is 12.5. The normalized spacial score (nSPS) is 13.4. The highest BCUT2D eigenvalue weighted by atomic mass is 16.3. The number of aliphatic hydroxyl groups excluding tert-OH is 2. The van der Waals surface area contributed by atoms with Crippen LogP contribution in [0.5, 0.6) is 0 Å². The number of carbonyl (C=O) groups excluding carboxylic acids is 1. The van der Waals surface area contributed by atoms with E-state index in [1.54, 1.807) is 6.08 Å². The van der Waals surface area contributed by atoms with E-state index in [1.165, 1.54) is 199 Å². The molecular weight excluding hydrogens is 795 g/mol. The fourth-order valence-electron chi connectivity index (χ4n) is 8.62. The summed E-state index contributed by atoms with van der Waals surface area (Å²) in [5.41, 5.74) is 0. The largest absolute Gasteiger partial charge is 0.394 e. The molecule has 378 valence electrons. The van der Waals surface area contributed by atoms with Crippen molar-refractivity contribution in [2.75, 3.05) is 6.61 Å². The second-order valence-electron chi connectivity index (χ2n) is 19.3. The number of nitrogens with one attached hydrogen (secondary N) is 1. The predicted molar refractivity (Wildman–Crippen MR) is 290 cm³/mol. The van der Waals surface area contributed by atoms with Crippen LogP contribution in [0.1, 0.15) is 290 Å². The Labute approximate surface area is 406 Å². The summed E-state index contributed by atoms with van der Waals surface area (Å²) in [6.07, 6.45) is 80.7. The van der Waals surface area contributed by atoms with Crippen molar-refractivity contribution in [3.63, 3.8) is 0 Å². The molecule has 2 atom stereocenters. The van der Waals surface area contributed by atoms with Gasteiger partial charge in [0.2, 0.25) is 5.91 Å². The molecule has 0 aliphatic carbocycles. The van der Waals surface area contributed by atoms with Gasteiger partial charge in [-0.05, 0) is 64.2 Å². The minimum Gasteiger partial charge on any atom is -0.394 e. The molecule has 0 aromatic rings. The molecule has 2 unspecified atom stereocenters. The van der Waals surface area contributed by atoms with E-state index < -0.39 is 12.1 Å². The molecule has 0 rings (SSSR count). The van der Waals surface area contributed by atoms with Crippen LogP contribution >= 0.6 is 0 Å². The molecular formula is C61H111NO3. The molecule has 0 fully saturated rings. The summed E-state index contributed by atoms with van der Waals surface area (Å²) in [7, 11) is 0. The lowest BCUT2D eigenvalue weighted by Crippen LogP contribution is -2.45. The molecule has 0 heterocycles. The third-order valence-corrected chi connectivity index (χ3v) is 12.9. The second-order valence-corrected chi connectivity index (χ2v) is 19.3. The minimum absolute atomic E-state index is 0.0747. The topological polar surface area (TPSA) is 69.6 Å².